The number of aryl methyl sites for hydroxylation is 1. The molecule has 0 atom stereocenters. The van der Waals surface area contributed by atoms with E-state index in [2.05, 4.69) is 48.2 Å². The fourth-order valence-corrected chi connectivity index (χ4v) is 1.78. The van der Waals surface area contributed by atoms with Crippen molar-refractivity contribution in [3.05, 3.63) is 29.6 Å². The molecule has 2 rings (SSSR count). The average Bonchev–Trinajstić information content (AvgIpc) is 2.85. The Bertz CT molecular complexity index is 546. The summed E-state index contributed by atoms with van der Waals surface area (Å²) < 4.78 is 3.73. The molecule has 6 heteroatoms. The second kappa shape index (κ2) is 5.13. The first-order chi connectivity index (χ1) is 8.87. The minimum Gasteiger partial charge on any atom is -0.308 e. The molecule has 0 radical (unpaired) electrons. The zero-order valence-electron chi connectivity index (χ0n) is 12.3. The molecule has 19 heavy (non-hydrogen) atoms. The zero-order valence-corrected chi connectivity index (χ0v) is 12.3. The van der Waals surface area contributed by atoms with Crippen LogP contribution < -0.4 is 5.32 Å². The first-order valence-corrected chi connectivity index (χ1v) is 6.46. The van der Waals surface area contributed by atoms with Crippen molar-refractivity contribution >= 4 is 0 Å². The molecule has 6 nitrogen and oxygen atoms in total. The molecule has 0 aliphatic heterocycles. The first kappa shape index (κ1) is 13.7. The Labute approximate surface area is 113 Å². The van der Waals surface area contributed by atoms with Crippen molar-refractivity contribution in [3.8, 4) is 0 Å². The summed E-state index contributed by atoms with van der Waals surface area (Å²) in [4.78, 5) is 4.22. The van der Waals surface area contributed by atoms with E-state index in [1.807, 2.05) is 17.9 Å². The van der Waals surface area contributed by atoms with Gasteiger partial charge in [-0.15, -0.1) is 0 Å². The Morgan fingerprint density at radius 1 is 1.26 bits per heavy atom. The van der Waals surface area contributed by atoms with Crippen molar-refractivity contribution in [1.82, 2.24) is 29.9 Å². The van der Waals surface area contributed by atoms with Gasteiger partial charge < -0.3 is 5.32 Å². The maximum atomic E-state index is 4.43. The van der Waals surface area contributed by atoms with Gasteiger partial charge in [0.25, 0.3) is 0 Å². The molecule has 0 saturated carbocycles. The third-order valence-electron chi connectivity index (χ3n) is 3.11. The molecule has 1 N–H and O–H groups in total. The molecule has 2 aromatic heterocycles. The number of aromatic nitrogens is 5. The number of nitrogens with one attached hydrogen (secondary N) is 1. The molecule has 104 valence electrons. The predicted molar refractivity (Wildman–Crippen MR) is 73.7 cm³/mol. The third kappa shape index (κ3) is 3.41. The van der Waals surface area contributed by atoms with Gasteiger partial charge in [-0.25, -0.2) is 4.98 Å². The van der Waals surface area contributed by atoms with Crippen molar-refractivity contribution in [2.45, 2.75) is 46.3 Å². The summed E-state index contributed by atoms with van der Waals surface area (Å²) >= 11 is 0. The van der Waals surface area contributed by atoms with Crippen LogP contribution >= 0.6 is 0 Å². The molecule has 0 amide bonds. The van der Waals surface area contributed by atoms with E-state index in [9.17, 15) is 0 Å². The molecule has 0 saturated heterocycles. The minimum absolute atomic E-state index is 0.109. The quantitative estimate of drug-likeness (QED) is 0.901. The topological polar surface area (TPSA) is 60.6 Å². The van der Waals surface area contributed by atoms with E-state index < -0.39 is 0 Å². The SMILES string of the molecule is Cc1c(CNC(C)(C)C)cnn1Cc1ncnn1C. The van der Waals surface area contributed by atoms with E-state index in [4.69, 9.17) is 0 Å². The highest BCUT2D eigenvalue weighted by molar-refractivity contribution is 5.16. The smallest absolute Gasteiger partial charge is 0.148 e. The Balaban J connectivity index is 2.08. The summed E-state index contributed by atoms with van der Waals surface area (Å²) in [5, 5.41) is 12.0. The molecule has 2 aromatic rings. The summed E-state index contributed by atoms with van der Waals surface area (Å²) in [6, 6.07) is 0. The number of rotatable bonds is 4. The Hall–Kier alpha value is -1.69. The molecule has 0 aromatic carbocycles. The van der Waals surface area contributed by atoms with Crippen LogP contribution in [0.15, 0.2) is 12.5 Å². The molecular formula is C13H22N6. The van der Waals surface area contributed by atoms with Crippen LogP contribution in [0.5, 0.6) is 0 Å². The van der Waals surface area contributed by atoms with Gasteiger partial charge in [0.05, 0.1) is 6.20 Å². The lowest BCUT2D eigenvalue weighted by Gasteiger charge is -2.20. The molecule has 0 spiro atoms. The van der Waals surface area contributed by atoms with Gasteiger partial charge in [-0.3, -0.25) is 9.36 Å². The minimum atomic E-state index is 0.109. The number of hydrogen-bond acceptors (Lipinski definition) is 4. The average molecular weight is 262 g/mol. The van der Waals surface area contributed by atoms with E-state index in [-0.39, 0.29) is 5.54 Å². The molecule has 0 fully saturated rings. The van der Waals surface area contributed by atoms with Crippen LogP contribution in [-0.4, -0.2) is 30.1 Å². The van der Waals surface area contributed by atoms with Crippen LogP contribution in [0.25, 0.3) is 0 Å². The van der Waals surface area contributed by atoms with E-state index in [0.717, 1.165) is 12.4 Å². The van der Waals surface area contributed by atoms with Crippen LogP contribution in [-0.2, 0) is 20.1 Å². The Morgan fingerprint density at radius 3 is 2.58 bits per heavy atom. The van der Waals surface area contributed by atoms with Crippen LogP contribution in [0.2, 0.25) is 0 Å². The van der Waals surface area contributed by atoms with Gasteiger partial charge >= 0.3 is 0 Å². The summed E-state index contributed by atoms with van der Waals surface area (Å²) in [7, 11) is 1.89. The highest BCUT2D eigenvalue weighted by Gasteiger charge is 2.13. The summed E-state index contributed by atoms with van der Waals surface area (Å²) in [6.45, 7) is 10.0. The van der Waals surface area contributed by atoms with Gasteiger partial charge in [0.2, 0.25) is 0 Å². The molecule has 0 aliphatic rings. The molecular weight excluding hydrogens is 240 g/mol. The number of nitrogens with zero attached hydrogens (tertiary/aromatic N) is 5. The van der Waals surface area contributed by atoms with Crippen molar-refractivity contribution in [1.29, 1.82) is 0 Å². The van der Waals surface area contributed by atoms with Gasteiger partial charge in [0.15, 0.2) is 0 Å². The highest BCUT2D eigenvalue weighted by Crippen LogP contribution is 2.10. The van der Waals surface area contributed by atoms with E-state index >= 15 is 0 Å². The maximum Gasteiger partial charge on any atom is 0.148 e. The zero-order chi connectivity index (χ0) is 14.0. The van der Waals surface area contributed by atoms with E-state index in [0.29, 0.717) is 6.54 Å². The predicted octanol–water partition coefficient (Wildman–Crippen LogP) is 1.26. The molecule has 0 aliphatic carbocycles. The first-order valence-electron chi connectivity index (χ1n) is 6.46. The lowest BCUT2D eigenvalue weighted by atomic mass is 10.1. The van der Waals surface area contributed by atoms with Crippen LogP contribution in [0, 0.1) is 6.92 Å². The second-order valence-corrected chi connectivity index (χ2v) is 5.82. The van der Waals surface area contributed by atoms with E-state index in [1.54, 1.807) is 11.0 Å². The lowest BCUT2D eigenvalue weighted by Crippen LogP contribution is -2.35. The maximum absolute atomic E-state index is 4.43. The fraction of sp³-hybridized carbons (Fsp3) is 0.615. The van der Waals surface area contributed by atoms with Crippen molar-refractivity contribution in [2.75, 3.05) is 0 Å². The molecule has 0 bridgehead atoms. The van der Waals surface area contributed by atoms with Crippen LogP contribution in [0.1, 0.15) is 37.9 Å². The summed E-state index contributed by atoms with van der Waals surface area (Å²) in [6.07, 6.45) is 3.49. The normalized spacial score (nSPS) is 12.1. The standard InChI is InChI=1S/C13H22N6/c1-10-11(6-15-13(2,3)4)7-16-19(10)8-12-14-9-17-18(12)5/h7,9,15H,6,8H2,1-5H3. The van der Waals surface area contributed by atoms with Crippen molar-refractivity contribution in [2.24, 2.45) is 7.05 Å². The fourth-order valence-electron chi connectivity index (χ4n) is 1.78. The Kier molecular flexibility index (Phi) is 3.71. The largest absolute Gasteiger partial charge is 0.308 e. The highest BCUT2D eigenvalue weighted by atomic mass is 15.4. The summed E-state index contributed by atoms with van der Waals surface area (Å²) in [5.41, 5.74) is 2.50. The van der Waals surface area contributed by atoms with Gasteiger partial charge in [0.1, 0.15) is 18.7 Å². The van der Waals surface area contributed by atoms with Crippen molar-refractivity contribution in [3.63, 3.8) is 0 Å². The van der Waals surface area contributed by atoms with Gasteiger partial charge in [0, 0.05) is 30.4 Å². The van der Waals surface area contributed by atoms with Crippen LogP contribution in [0.4, 0.5) is 0 Å². The van der Waals surface area contributed by atoms with Gasteiger partial charge in [-0.1, -0.05) is 0 Å². The summed E-state index contributed by atoms with van der Waals surface area (Å²) in [5.74, 6) is 0.904. The molecule has 0 unspecified atom stereocenters. The molecule has 2 heterocycles. The lowest BCUT2D eigenvalue weighted by molar-refractivity contribution is 0.423. The number of hydrogen-bond donors (Lipinski definition) is 1. The van der Waals surface area contributed by atoms with Gasteiger partial charge in [-0.05, 0) is 27.7 Å². The Morgan fingerprint density at radius 2 is 2.00 bits per heavy atom. The van der Waals surface area contributed by atoms with Crippen molar-refractivity contribution < 1.29 is 0 Å². The van der Waals surface area contributed by atoms with Crippen LogP contribution in [0.3, 0.4) is 0 Å². The third-order valence-corrected chi connectivity index (χ3v) is 3.11. The second-order valence-electron chi connectivity index (χ2n) is 5.82. The van der Waals surface area contributed by atoms with E-state index in [1.165, 1.54) is 11.3 Å². The van der Waals surface area contributed by atoms with Gasteiger partial charge in [-0.2, -0.15) is 10.2 Å². The monoisotopic (exact) mass is 262 g/mol.